The molecule has 1 saturated heterocycles. The van der Waals surface area contributed by atoms with Gasteiger partial charge < -0.3 is 4.90 Å². The number of fused-ring (bicyclic) bond motifs is 1. The molecule has 1 atom stereocenters. The van der Waals surface area contributed by atoms with Gasteiger partial charge in [-0.3, -0.25) is 14.4 Å². The zero-order valence-electron chi connectivity index (χ0n) is 16.4. The molecule has 0 aromatic carbocycles. The number of hydrogen-bond acceptors (Lipinski definition) is 5. The van der Waals surface area contributed by atoms with E-state index in [2.05, 4.69) is 15.2 Å². The van der Waals surface area contributed by atoms with E-state index in [1.807, 2.05) is 41.8 Å². The first-order valence-corrected chi connectivity index (χ1v) is 9.79. The summed E-state index contributed by atoms with van der Waals surface area (Å²) >= 11 is 0. The number of aromatic nitrogens is 5. The molecule has 1 unspecified atom stereocenters. The smallest absolute Gasteiger partial charge is 0.262 e. The van der Waals surface area contributed by atoms with Gasteiger partial charge in [-0.1, -0.05) is 0 Å². The first-order valence-electron chi connectivity index (χ1n) is 9.79. The number of amides is 1. The Morgan fingerprint density at radius 3 is 2.66 bits per heavy atom. The third-order valence-electron chi connectivity index (χ3n) is 5.45. The molecular formula is C20H22FN7O. The van der Waals surface area contributed by atoms with Crippen molar-refractivity contribution in [3.05, 3.63) is 48.2 Å². The maximum atomic E-state index is 13.4. The van der Waals surface area contributed by atoms with Crippen molar-refractivity contribution < 1.29 is 9.18 Å². The molecule has 0 spiro atoms. The van der Waals surface area contributed by atoms with Gasteiger partial charge in [0, 0.05) is 25.0 Å². The number of halogens is 1. The minimum atomic E-state index is -0.785. The number of alkyl halides is 1. The molecule has 0 saturated carbocycles. The van der Waals surface area contributed by atoms with Crippen molar-refractivity contribution in [1.29, 1.82) is 0 Å². The van der Waals surface area contributed by atoms with Crippen molar-refractivity contribution in [1.82, 2.24) is 24.5 Å². The minimum absolute atomic E-state index is 0.0785. The molecule has 5 rings (SSSR count). The molecule has 0 radical (unpaired) electrons. The van der Waals surface area contributed by atoms with Gasteiger partial charge in [0.25, 0.3) is 5.91 Å². The molecule has 1 amide bonds. The predicted molar refractivity (Wildman–Crippen MR) is 106 cm³/mol. The molecule has 0 bridgehead atoms. The molecule has 2 aliphatic heterocycles. The van der Waals surface area contributed by atoms with Crippen LogP contribution in [0.4, 0.5) is 15.9 Å². The molecular weight excluding hydrogens is 373 g/mol. The van der Waals surface area contributed by atoms with E-state index >= 15 is 0 Å². The monoisotopic (exact) mass is 395 g/mol. The average Bonchev–Trinajstić information content (AvgIpc) is 3.47. The first kappa shape index (κ1) is 17.8. The Morgan fingerprint density at radius 1 is 1.17 bits per heavy atom. The number of nitrogens with zero attached hydrogens (tertiary/aromatic N) is 7. The van der Waals surface area contributed by atoms with Crippen LogP contribution in [0.2, 0.25) is 0 Å². The Hall–Kier alpha value is -3.23. The maximum absolute atomic E-state index is 13.4. The number of pyridine rings is 1. The lowest BCUT2D eigenvalue weighted by atomic mass is 10.3. The Balaban J connectivity index is 1.34. The Morgan fingerprint density at radius 2 is 2.03 bits per heavy atom. The minimum Gasteiger partial charge on any atom is -0.354 e. The molecule has 5 heterocycles. The average molecular weight is 395 g/mol. The van der Waals surface area contributed by atoms with E-state index in [-0.39, 0.29) is 11.9 Å². The van der Waals surface area contributed by atoms with Crippen LogP contribution in [0.1, 0.15) is 42.4 Å². The van der Waals surface area contributed by atoms with Crippen LogP contribution >= 0.6 is 0 Å². The first-order chi connectivity index (χ1) is 14.0. The van der Waals surface area contributed by atoms with Gasteiger partial charge in [-0.2, -0.15) is 10.2 Å². The van der Waals surface area contributed by atoms with Gasteiger partial charge in [0.05, 0.1) is 48.1 Å². The molecule has 9 heteroatoms. The van der Waals surface area contributed by atoms with Crippen LogP contribution in [0.3, 0.4) is 0 Å². The molecule has 3 aromatic rings. The van der Waals surface area contributed by atoms with Crippen molar-refractivity contribution in [3.8, 4) is 5.69 Å². The molecule has 3 aromatic heterocycles. The summed E-state index contributed by atoms with van der Waals surface area (Å²) in [6.07, 6.45) is 6.80. The third-order valence-corrected chi connectivity index (χ3v) is 5.45. The zero-order valence-corrected chi connectivity index (χ0v) is 16.4. The SMILES string of the molecule is CC(C)n1cc(N2Cc3nn(-c4ccc(N5CCC(F)C5)nc4)cc3C2=O)cn1. The van der Waals surface area contributed by atoms with Crippen LogP contribution in [0.5, 0.6) is 0 Å². The van der Waals surface area contributed by atoms with Crippen LogP contribution < -0.4 is 9.80 Å². The Kier molecular flexibility index (Phi) is 4.11. The van der Waals surface area contributed by atoms with Crippen molar-refractivity contribution >= 4 is 17.4 Å². The number of hydrogen-bond donors (Lipinski definition) is 0. The fourth-order valence-corrected chi connectivity index (χ4v) is 3.79. The molecule has 1 fully saturated rings. The quantitative estimate of drug-likeness (QED) is 0.679. The van der Waals surface area contributed by atoms with E-state index in [0.29, 0.717) is 31.6 Å². The lowest BCUT2D eigenvalue weighted by Gasteiger charge is -2.16. The van der Waals surface area contributed by atoms with E-state index in [1.165, 1.54) is 0 Å². The van der Waals surface area contributed by atoms with Crippen LogP contribution in [0, 0.1) is 0 Å². The second-order valence-corrected chi connectivity index (χ2v) is 7.80. The summed E-state index contributed by atoms with van der Waals surface area (Å²) in [6.45, 7) is 5.57. The van der Waals surface area contributed by atoms with E-state index in [4.69, 9.17) is 0 Å². The highest BCUT2D eigenvalue weighted by atomic mass is 19.1. The third kappa shape index (κ3) is 3.06. The standard InChI is InChI=1S/C20H22FN7O/c1-13(2)27-10-16(8-23-27)26-12-18-17(20(26)29)11-28(24-18)15-3-4-19(22-7-15)25-6-5-14(21)9-25/h3-4,7-8,10-11,13-14H,5-6,9,12H2,1-2H3. The topological polar surface area (TPSA) is 72.1 Å². The van der Waals surface area contributed by atoms with Gasteiger partial charge in [-0.25, -0.2) is 14.1 Å². The Labute approximate surface area is 167 Å². The van der Waals surface area contributed by atoms with E-state index in [9.17, 15) is 9.18 Å². The Bertz CT molecular complexity index is 1060. The molecule has 150 valence electrons. The number of carbonyl (C=O) groups excluding carboxylic acids is 1. The summed E-state index contributed by atoms with van der Waals surface area (Å²) < 4.78 is 16.9. The lowest BCUT2D eigenvalue weighted by Crippen LogP contribution is -2.23. The van der Waals surface area contributed by atoms with Crippen LogP contribution in [-0.2, 0) is 6.54 Å². The van der Waals surface area contributed by atoms with Crippen LogP contribution in [0.15, 0.2) is 36.9 Å². The second kappa shape index (κ2) is 6.68. The number of anilines is 2. The highest BCUT2D eigenvalue weighted by Crippen LogP contribution is 2.29. The van der Waals surface area contributed by atoms with Gasteiger partial charge in [0.1, 0.15) is 12.0 Å². The summed E-state index contributed by atoms with van der Waals surface area (Å²) in [5.41, 5.74) is 2.87. The van der Waals surface area contributed by atoms with E-state index in [1.54, 1.807) is 28.2 Å². The summed E-state index contributed by atoms with van der Waals surface area (Å²) in [6, 6.07) is 4.00. The summed E-state index contributed by atoms with van der Waals surface area (Å²) in [5.74, 6) is 0.684. The van der Waals surface area contributed by atoms with E-state index < -0.39 is 6.17 Å². The van der Waals surface area contributed by atoms with Crippen molar-refractivity contribution in [2.75, 3.05) is 22.9 Å². The molecule has 0 aliphatic carbocycles. The van der Waals surface area contributed by atoms with Gasteiger partial charge >= 0.3 is 0 Å². The van der Waals surface area contributed by atoms with Crippen molar-refractivity contribution in [2.45, 2.75) is 39.0 Å². The number of rotatable bonds is 4. The van der Waals surface area contributed by atoms with Crippen molar-refractivity contribution in [2.24, 2.45) is 0 Å². The van der Waals surface area contributed by atoms with Crippen LogP contribution in [-0.4, -0.2) is 49.7 Å². The highest BCUT2D eigenvalue weighted by Gasteiger charge is 2.33. The van der Waals surface area contributed by atoms with Gasteiger partial charge in [-0.05, 0) is 32.4 Å². The summed E-state index contributed by atoms with van der Waals surface area (Å²) in [4.78, 5) is 20.9. The molecule has 0 N–H and O–H groups in total. The zero-order chi connectivity index (χ0) is 20.1. The summed E-state index contributed by atoms with van der Waals surface area (Å²) in [7, 11) is 0. The van der Waals surface area contributed by atoms with Crippen molar-refractivity contribution in [3.63, 3.8) is 0 Å². The molecule has 29 heavy (non-hydrogen) atoms. The maximum Gasteiger partial charge on any atom is 0.262 e. The second-order valence-electron chi connectivity index (χ2n) is 7.80. The fraction of sp³-hybridized carbons (Fsp3) is 0.400. The fourth-order valence-electron chi connectivity index (χ4n) is 3.79. The van der Waals surface area contributed by atoms with Gasteiger partial charge in [-0.15, -0.1) is 0 Å². The van der Waals surface area contributed by atoms with Gasteiger partial charge in [0.2, 0.25) is 0 Å². The highest BCUT2D eigenvalue weighted by molar-refractivity contribution is 6.09. The molecule has 8 nitrogen and oxygen atoms in total. The number of carbonyl (C=O) groups is 1. The van der Waals surface area contributed by atoms with Crippen LogP contribution in [0.25, 0.3) is 5.69 Å². The predicted octanol–water partition coefficient (Wildman–Crippen LogP) is 2.75. The summed E-state index contributed by atoms with van der Waals surface area (Å²) in [5, 5.41) is 8.90. The van der Waals surface area contributed by atoms with E-state index in [0.717, 1.165) is 22.9 Å². The van der Waals surface area contributed by atoms with Gasteiger partial charge in [0.15, 0.2) is 0 Å². The largest absolute Gasteiger partial charge is 0.354 e. The lowest BCUT2D eigenvalue weighted by molar-refractivity contribution is 0.0996. The molecule has 2 aliphatic rings. The normalized spacial score (nSPS) is 18.9.